The summed E-state index contributed by atoms with van der Waals surface area (Å²) in [5, 5.41) is 2.92. The zero-order valence-corrected chi connectivity index (χ0v) is 23.8. The third kappa shape index (κ3) is 7.89. The van der Waals surface area contributed by atoms with Crippen LogP contribution in [-0.2, 0) is 26.2 Å². The molecule has 208 valence electrons. The number of aryl methyl sites for hydroxylation is 1. The highest BCUT2D eigenvalue weighted by atomic mass is 32.2. The minimum absolute atomic E-state index is 0.00229. The van der Waals surface area contributed by atoms with E-state index in [-0.39, 0.29) is 17.3 Å². The number of benzene rings is 3. The molecule has 0 fully saturated rings. The van der Waals surface area contributed by atoms with Crippen molar-refractivity contribution in [3.05, 3.63) is 95.8 Å². The van der Waals surface area contributed by atoms with E-state index in [9.17, 15) is 22.4 Å². The van der Waals surface area contributed by atoms with Crippen molar-refractivity contribution in [3.8, 4) is 0 Å². The number of hydrogen-bond acceptors (Lipinski definition) is 4. The summed E-state index contributed by atoms with van der Waals surface area (Å²) in [7, 11) is -4.12. The molecule has 0 aliphatic rings. The van der Waals surface area contributed by atoms with Crippen molar-refractivity contribution in [1.82, 2.24) is 10.2 Å². The summed E-state index contributed by atoms with van der Waals surface area (Å²) < 4.78 is 42.2. The molecule has 1 atom stereocenters. The summed E-state index contributed by atoms with van der Waals surface area (Å²) in [5.41, 5.74) is 1.33. The zero-order valence-electron chi connectivity index (χ0n) is 23.0. The number of sulfonamides is 1. The van der Waals surface area contributed by atoms with E-state index in [0.717, 1.165) is 9.87 Å². The second-order valence-electron chi connectivity index (χ2n) is 10.5. The molecule has 0 heterocycles. The van der Waals surface area contributed by atoms with Gasteiger partial charge in [0, 0.05) is 12.1 Å². The average Bonchev–Trinajstić information content (AvgIpc) is 2.88. The Morgan fingerprint density at radius 2 is 1.51 bits per heavy atom. The van der Waals surface area contributed by atoms with Gasteiger partial charge in [-0.25, -0.2) is 12.8 Å². The minimum Gasteiger partial charge on any atom is -0.350 e. The second kappa shape index (κ2) is 12.4. The quantitative estimate of drug-likeness (QED) is 0.381. The molecule has 39 heavy (non-hydrogen) atoms. The van der Waals surface area contributed by atoms with E-state index in [2.05, 4.69) is 5.32 Å². The van der Waals surface area contributed by atoms with E-state index in [0.29, 0.717) is 17.7 Å². The number of hydrogen-bond donors (Lipinski definition) is 1. The molecule has 3 aromatic carbocycles. The lowest BCUT2D eigenvalue weighted by molar-refractivity contribution is -0.141. The van der Waals surface area contributed by atoms with E-state index in [4.69, 9.17) is 0 Å². The minimum atomic E-state index is -4.12. The van der Waals surface area contributed by atoms with Crippen LogP contribution in [0.5, 0.6) is 0 Å². The van der Waals surface area contributed by atoms with Crippen molar-refractivity contribution in [2.45, 2.75) is 64.1 Å². The van der Waals surface area contributed by atoms with Crippen LogP contribution >= 0.6 is 0 Å². The summed E-state index contributed by atoms with van der Waals surface area (Å²) in [4.78, 5) is 28.7. The van der Waals surface area contributed by atoms with Crippen LogP contribution in [0.3, 0.4) is 0 Å². The van der Waals surface area contributed by atoms with Gasteiger partial charge in [0.25, 0.3) is 10.0 Å². The molecule has 1 N–H and O–H groups in total. The highest BCUT2D eigenvalue weighted by molar-refractivity contribution is 7.92. The Hall–Kier alpha value is -3.72. The van der Waals surface area contributed by atoms with E-state index >= 15 is 0 Å². The van der Waals surface area contributed by atoms with Crippen molar-refractivity contribution < 1.29 is 22.4 Å². The van der Waals surface area contributed by atoms with Gasteiger partial charge in [0.15, 0.2) is 0 Å². The number of halogens is 1. The van der Waals surface area contributed by atoms with Crippen LogP contribution < -0.4 is 9.62 Å². The van der Waals surface area contributed by atoms with Crippen molar-refractivity contribution in [3.63, 3.8) is 0 Å². The summed E-state index contributed by atoms with van der Waals surface area (Å²) in [6.45, 7) is 8.68. The number of carbonyl (C=O) groups excluding carboxylic acids is 2. The fourth-order valence-corrected chi connectivity index (χ4v) is 5.55. The Kier molecular flexibility index (Phi) is 9.50. The van der Waals surface area contributed by atoms with Crippen LogP contribution in [0.25, 0.3) is 0 Å². The van der Waals surface area contributed by atoms with Crippen LogP contribution in [0.4, 0.5) is 10.1 Å². The Bertz CT molecular complexity index is 1370. The van der Waals surface area contributed by atoms with Gasteiger partial charge in [0.1, 0.15) is 18.4 Å². The SMILES string of the molecule is CC[C@H](C(=O)NC(C)(C)C)N(Cc1ccc(F)cc1)C(=O)CN(c1ccc(C)cc1)S(=O)(=O)c1ccccc1. The van der Waals surface area contributed by atoms with Gasteiger partial charge < -0.3 is 10.2 Å². The molecule has 0 saturated heterocycles. The Balaban J connectivity index is 2.05. The maximum atomic E-state index is 14.0. The lowest BCUT2D eigenvalue weighted by atomic mass is 10.1. The third-order valence-corrected chi connectivity index (χ3v) is 7.87. The molecule has 0 aliphatic heterocycles. The largest absolute Gasteiger partial charge is 0.350 e. The van der Waals surface area contributed by atoms with Crippen LogP contribution in [0.2, 0.25) is 0 Å². The first-order chi connectivity index (χ1) is 18.3. The van der Waals surface area contributed by atoms with E-state index in [1.54, 1.807) is 61.5 Å². The molecule has 9 heteroatoms. The van der Waals surface area contributed by atoms with Crippen molar-refractivity contribution in [1.29, 1.82) is 0 Å². The highest BCUT2D eigenvalue weighted by Crippen LogP contribution is 2.25. The molecule has 0 aromatic heterocycles. The Labute approximate surface area is 230 Å². The molecule has 0 radical (unpaired) electrons. The third-order valence-electron chi connectivity index (χ3n) is 6.08. The van der Waals surface area contributed by atoms with E-state index in [1.807, 2.05) is 27.7 Å². The molecule has 7 nitrogen and oxygen atoms in total. The summed E-state index contributed by atoms with van der Waals surface area (Å²) >= 11 is 0. The van der Waals surface area contributed by atoms with Gasteiger partial charge in [-0.2, -0.15) is 0 Å². The number of nitrogens with one attached hydrogen (secondary N) is 1. The van der Waals surface area contributed by atoms with Gasteiger partial charge in [-0.3, -0.25) is 13.9 Å². The molecule has 0 bridgehead atoms. The second-order valence-corrected chi connectivity index (χ2v) is 12.3. The molecular weight excluding hydrogens is 517 g/mol. The van der Waals surface area contributed by atoms with Crippen LogP contribution in [0.15, 0.2) is 83.8 Å². The number of rotatable bonds is 10. The Morgan fingerprint density at radius 1 is 0.923 bits per heavy atom. The average molecular weight is 554 g/mol. The van der Waals surface area contributed by atoms with Crippen molar-refractivity contribution in [2.75, 3.05) is 10.8 Å². The van der Waals surface area contributed by atoms with Gasteiger partial charge in [0.2, 0.25) is 11.8 Å². The summed E-state index contributed by atoms with van der Waals surface area (Å²) in [5.74, 6) is -1.34. The standard InChI is InChI=1S/C30H36FN3O4S/c1-6-27(29(36)32-30(3,4)5)33(20-23-14-16-24(31)17-15-23)28(35)21-34(25-18-12-22(2)13-19-25)39(37,38)26-10-8-7-9-11-26/h7-19,27H,6,20-21H2,1-5H3,(H,32,36)/t27-/m1/s1. The molecule has 2 amide bonds. The highest BCUT2D eigenvalue weighted by Gasteiger charge is 2.34. The number of carbonyl (C=O) groups is 2. The molecule has 3 aromatic rings. The van der Waals surface area contributed by atoms with Gasteiger partial charge in [0.05, 0.1) is 10.6 Å². The first-order valence-corrected chi connectivity index (χ1v) is 14.3. The van der Waals surface area contributed by atoms with Crippen LogP contribution in [-0.4, -0.2) is 43.3 Å². The fraction of sp³-hybridized carbons (Fsp3) is 0.333. The molecule has 0 saturated carbocycles. The number of amides is 2. The first kappa shape index (κ1) is 29.8. The van der Waals surface area contributed by atoms with Gasteiger partial charge in [-0.05, 0) is 76.1 Å². The predicted molar refractivity (Wildman–Crippen MR) is 151 cm³/mol. The number of nitrogens with zero attached hydrogens (tertiary/aromatic N) is 2. The fourth-order valence-electron chi connectivity index (χ4n) is 4.12. The smallest absolute Gasteiger partial charge is 0.264 e. The lowest BCUT2D eigenvalue weighted by Gasteiger charge is -2.34. The Morgan fingerprint density at radius 3 is 2.05 bits per heavy atom. The first-order valence-electron chi connectivity index (χ1n) is 12.8. The molecule has 0 spiro atoms. The van der Waals surface area contributed by atoms with Gasteiger partial charge >= 0.3 is 0 Å². The summed E-state index contributed by atoms with van der Waals surface area (Å²) in [6, 6.07) is 19.5. The van der Waals surface area contributed by atoms with Crippen LogP contribution in [0, 0.1) is 12.7 Å². The summed E-state index contributed by atoms with van der Waals surface area (Å²) in [6.07, 6.45) is 0.296. The van der Waals surface area contributed by atoms with Gasteiger partial charge in [-0.1, -0.05) is 55.0 Å². The molecular formula is C30H36FN3O4S. The topological polar surface area (TPSA) is 86.8 Å². The molecule has 0 aliphatic carbocycles. The van der Waals surface area contributed by atoms with Crippen molar-refractivity contribution >= 4 is 27.5 Å². The van der Waals surface area contributed by atoms with Crippen molar-refractivity contribution in [2.24, 2.45) is 0 Å². The van der Waals surface area contributed by atoms with E-state index in [1.165, 1.54) is 29.2 Å². The maximum absolute atomic E-state index is 14.0. The number of anilines is 1. The monoisotopic (exact) mass is 553 g/mol. The van der Waals surface area contributed by atoms with Gasteiger partial charge in [-0.15, -0.1) is 0 Å². The normalized spacial score (nSPS) is 12.5. The molecule has 0 unspecified atom stereocenters. The lowest BCUT2D eigenvalue weighted by Crippen LogP contribution is -2.55. The zero-order chi connectivity index (χ0) is 28.8. The molecule has 3 rings (SSSR count). The van der Waals surface area contributed by atoms with E-state index < -0.39 is 39.9 Å². The maximum Gasteiger partial charge on any atom is 0.264 e. The van der Waals surface area contributed by atoms with Crippen LogP contribution in [0.1, 0.15) is 45.2 Å². The predicted octanol–water partition coefficient (Wildman–Crippen LogP) is 5.05.